The Labute approximate surface area is 153 Å². The number of nitrogens with two attached hydrogens (primary N) is 1. The monoisotopic (exact) mass is 363 g/mol. The molecule has 2 aromatic rings. The zero-order chi connectivity index (χ0) is 17.8. The van der Waals surface area contributed by atoms with Crippen molar-refractivity contribution >= 4 is 28.5 Å². The first-order valence-corrected chi connectivity index (χ1v) is 9.28. The van der Waals surface area contributed by atoms with Crippen molar-refractivity contribution in [1.82, 2.24) is 19.8 Å². The average molecular weight is 364 g/mol. The van der Waals surface area contributed by atoms with Crippen molar-refractivity contribution in [2.24, 2.45) is 12.8 Å². The highest BCUT2D eigenvalue weighted by molar-refractivity contribution is 6.31. The third kappa shape index (κ3) is 4.32. The number of carbonyl (C=O) groups is 1. The first kappa shape index (κ1) is 18.2. The topological polar surface area (TPSA) is 76.2 Å². The summed E-state index contributed by atoms with van der Waals surface area (Å²) in [4.78, 5) is 18.9. The van der Waals surface area contributed by atoms with E-state index in [0.29, 0.717) is 25.6 Å². The van der Waals surface area contributed by atoms with Crippen LogP contribution >= 0.6 is 11.6 Å². The molecular weight excluding hydrogens is 338 g/mol. The lowest BCUT2D eigenvalue weighted by molar-refractivity contribution is -0.121. The highest BCUT2D eigenvalue weighted by Crippen LogP contribution is 2.23. The second kappa shape index (κ2) is 8.17. The van der Waals surface area contributed by atoms with Gasteiger partial charge in [-0.1, -0.05) is 18.0 Å². The molecule has 136 valence electrons. The zero-order valence-electron chi connectivity index (χ0n) is 14.7. The fourth-order valence-corrected chi connectivity index (χ4v) is 3.65. The molecule has 1 atom stereocenters. The number of likely N-dealkylation sites (tertiary alicyclic amines) is 1. The van der Waals surface area contributed by atoms with Crippen LogP contribution in [0.1, 0.15) is 31.5 Å². The molecule has 3 N–H and O–H groups in total. The normalized spacial score (nSPS) is 18.6. The van der Waals surface area contributed by atoms with E-state index >= 15 is 0 Å². The minimum absolute atomic E-state index is 0.0328. The molecule has 1 aromatic heterocycles. The number of aromatic nitrogens is 2. The molecule has 1 saturated heterocycles. The summed E-state index contributed by atoms with van der Waals surface area (Å²) in [5.74, 6) is 1.06. The molecule has 0 radical (unpaired) electrons. The van der Waals surface area contributed by atoms with Crippen molar-refractivity contribution in [1.29, 1.82) is 0 Å². The smallest absolute Gasteiger partial charge is 0.221 e. The lowest BCUT2D eigenvalue weighted by atomic mass is 10.0. The summed E-state index contributed by atoms with van der Waals surface area (Å²) >= 11 is 6.11. The Morgan fingerprint density at radius 2 is 2.28 bits per heavy atom. The Kier molecular flexibility index (Phi) is 5.93. The van der Waals surface area contributed by atoms with Crippen LogP contribution in [-0.4, -0.2) is 46.0 Å². The van der Waals surface area contributed by atoms with Crippen molar-refractivity contribution in [2.45, 2.75) is 38.3 Å². The summed E-state index contributed by atoms with van der Waals surface area (Å²) in [5.41, 5.74) is 7.45. The van der Waals surface area contributed by atoms with Gasteiger partial charge in [-0.25, -0.2) is 4.98 Å². The number of benzene rings is 1. The molecule has 25 heavy (non-hydrogen) atoms. The Morgan fingerprint density at radius 1 is 1.44 bits per heavy atom. The Bertz CT molecular complexity index is 744. The number of hydrogen-bond acceptors (Lipinski definition) is 4. The molecule has 0 bridgehead atoms. The average Bonchev–Trinajstić information content (AvgIpc) is 2.90. The maximum Gasteiger partial charge on any atom is 0.221 e. The minimum atomic E-state index is 0.0328. The summed E-state index contributed by atoms with van der Waals surface area (Å²) in [7, 11) is 2.03. The molecule has 0 saturated carbocycles. The minimum Gasteiger partial charge on any atom is -0.354 e. The van der Waals surface area contributed by atoms with Gasteiger partial charge in [-0.3, -0.25) is 9.69 Å². The van der Waals surface area contributed by atoms with E-state index in [0.717, 1.165) is 41.4 Å². The highest BCUT2D eigenvalue weighted by Gasteiger charge is 2.24. The van der Waals surface area contributed by atoms with E-state index in [1.54, 1.807) is 0 Å². The lowest BCUT2D eigenvalue weighted by Gasteiger charge is -2.35. The van der Waals surface area contributed by atoms with E-state index in [1.807, 2.05) is 25.2 Å². The van der Waals surface area contributed by atoms with Crippen LogP contribution in [-0.2, 0) is 18.4 Å². The van der Waals surface area contributed by atoms with Gasteiger partial charge >= 0.3 is 0 Å². The van der Waals surface area contributed by atoms with E-state index in [2.05, 4.69) is 14.8 Å². The predicted octanol–water partition coefficient (Wildman–Crippen LogP) is 2.05. The van der Waals surface area contributed by atoms with Gasteiger partial charge < -0.3 is 15.6 Å². The van der Waals surface area contributed by atoms with Gasteiger partial charge in [0, 0.05) is 37.6 Å². The maximum absolute atomic E-state index is 11.7. The number of hydrogen-bond donors (Lipinski definition) is 2. The summed E-state index contributed by atoms with van der Waals surface area (Å²) in [6, 6.07) is 6.13. The summed E-state index contributed by atoms with van der Waals surface area (Å²) in [6.07, 6.45) is 3.87. The fourth-order valence-electron chi connectivity index (χ4n) is 3.49. The van der Waals surface area contributed by atoms with Crippen LogP contribution in [0.5, 0.6) is 0 Å². The Morgan fingerprint density at radius 3 is 3.08 bits per heavy atom. The second-order valence-corrected chi connectivity index (χ2v) is 7.12. The van der Waals surface area contributed by atoms with Gasteiger partial charge in [0.2, 0.25) is 5.91 Å². The van der Waals surface area contributed by atoms with Crippen LogP contribution in [0.15, 0.2) is 18.2 Å². The molecular formula is C18H26ClN5O. The van der Waals surface area contributed by atoms with Gasteiger partial charge in [0.05, 0.1) is 17.6 Å². The molecule has 7 heteroatoms. The maximum atomic E-state index is 11.7. The molecule has 1 fully saturated rings. The largest absolute Gasteiger partial charge is 0.354 e. The standard InChI is InChI=1S/C18H26ClN5O/c1-23-16-10-13(19)5-6-15(16)22-17(23)12-24-9-3-2-4-14(24)11-21-18(25)7-8-20/h5-6,10,14H,2-4,7-9,11-12,20H2,1H3,(H,21,25). The van der Waals surface area contributed by atoms with Crippen LogP contribution in [0.2, 0.25) is 5.02 Å². The number of piperidine rings is 1. The molecule has 1 unspecified atom stereocenters. The van der Waals surface area contributed by atoms with E-state index < -0.39 is 0 Å². The van der Waals surface area contributed by atoms with Gasteiger partial charge in [0.15, 0.2) is 0 Å². The number of carbonyl (C=O) groups excluding carboxylic acids is 1. The highest BCUT2D eigenvalue weighted by atomic mass is 35.5. The number of fused-ring (bicyclic) bond motifs is 1. The zero-order valence-corrected chi connectivity index (χ0v) is 15.4. The van der Waals surface area contributed by atoms with Crippen molar-refractivity contribution in [3.63, 3.8) is 0 Å². The number of rotatable bonds is 6. The molecule has 0 aliphatic carbocycles. The van der Waals surface area contributed by atoms with E-state index in [-0.39, 0.29) is 5.91 Å². The van der Waals surface area contributed by atoms with Gasteiger partial charge in [-0.05, 0) is 37.6 Å². The third-order valence-corrected chi connectivity index (χ3v) is 5.17. The summed E-state index contributed by atoms with van der Waals surface area (Å²) in [5, 5.41) is 3.74. The number of amides is 1. The van der Waals surface area contributed by atoms with Crippen LogP contribution in [0.4, 0.5) is 0 Å². The second-order valence-electron chi connectivity index (χ2n) is 6.68. The Hall–Kier alpha value is -1.63. The number of imidazole rings is 1. The van der Waals surface area contributed by atoms with Crippen molar-refractivity contribution < 1.29 is 4.79 Å². The van der Waals surface area contributed by atoms with E-state index in [4.69, 9.17) is 22.3 Å². The molecule has 2 heterocycles. The first-order valence-electron chi connectivity index (χ1n) is 8.90. The van der Waals surface area contributed by atoms with Gasteiger partial charge in [-0.15, -0.1) is 0 Å². The molecule has 6 nitrogen and oxygen atoms in total. The number of aryl methyl sites for hydroxylation is 1. The van der Waals surface area contributed by atoms with Crippen LogP contribution < -0.4 is 11.1 Å². The molecule has 1 aromatic carbocycles. The predicted molar refractivity (Wildman–Crippen MR) is 100 cm³/mol. The Balaban J connectivity index is 1.71. The number of nitrogens with zero attached hydrogens (tertiary/aromatic N) is 3. The van der Waals surface area contributed by atoms with Crippen molar-refractivity contribution in [3.05, 3.63) is 29.0 Å². The van der Waals surface area contributed by atoms with Crippen LogP contribution in [0.3, 0.4) is 0 Å². The van der Waals surface area contributed by atoms with Crippen molar-refractivity contribution in [3.8, 4) is 0 Å². The van der Waals surface area contributed by atoms with Crippen LogP contribution in [0.25, 0.3) is 11.0 Å². The molecule has 1 aliphatic rings. The van der Waals surface area contributed by atoms with Crippen LogP contribution in [0, 0.1) is 0 Å². The molecule has 1 aliphatic heterocycles. The van der Waals surface area contributed by atoms with Gasteiger partial charge in [0.1, 0.15) is 5.82 Å². The summed E-state index contributed by atoms with van der Waals surface area (Å²) < 4.78 is 2.11. The first-order chi connectivity index (χ1) is 12.1. The number of halogens is 1. The number of nitrogens with one attached hydrogen (secondary N) is 1. The fraction of sp³-hybridized carbons (Fsp3) is 0.556. The van der Waals surface area contributed by atoms with Crippen molar-refractivity contribution in [2.75, 3.05) is 19.6 Å². The van der Waals surface area contributed by atoms with Gasteiger partial charge in [0.25, 0.3) is 0 Å². The molecule has 1 amide bonds. The molecule has 0 spiro atoms. The van der Waals surface area contributed by atoms with E-state index in [1.165, 1.54) is 12.8 Å². The third-order valence-electron chi connectivity index (χ3n) is 4.94. The molecule has 3 rings (SSSR count). The lowest BCUT2D eigenvalue weighted by Crippen LogP contribution is -2.46. The SMILES string of the molecule is Cn1c(CN2CCCCC2CNC(=O)CCN)nc2ccc(Cl)cc21. The van der Waals surface area contributed by atoms with Gasteiger partial charge in [-0.2, -0.15) is 0 Å². The van der Waals surface area contributed by atoms with E-state index in [9.17, 15) is 4.79 Å². The quantitative estimate of drug-likeness (QED) is 0.823. The summed E-state index contributed by atoms with van der Waals surface area (Å²) in [6.45, 7) is 2.87.